The maximum Gasteiger partial charge on any atom is 0.446 e. The van der Waals surface area contributed by atoms with Crippen molar-refractivity contribution in [3.8, 4) is 11.5 Å². The SMILES string of the molecule is COC1=CC2C3Cc4ccc(OC)c(OS(=O)(=O)O)c4C2(CCN3C)CC1=O. The van der Waals surface area contributed by atoms with Gasteiger partial charge in [0.25, 0.3) is 0 Å². The highest BCUT2D eigenvalue weighted by molar-refractivity contribution is 7.81. The lowest BCUT2D eigenvalue weighted by atomic mass is 9.53. The molecule has 0 saturated carbocycles. The summed E-state index contributed by atoms with van der Waals surface area (Å²) in [5.74, 6) is 0.329. The summed E-state index contributed by atoms with van der Waals surface area (Å²) in [6, 6.07) is 3.66. The molecule has 0 radical (unpaired) electrons. The number of likely N-dealkylation sites (N-methyl/N-ethyl adjacent to an activating group) is 1. The van der Waals surface area contributed by atoms with Gasteiger partial charge in [0.05, 0.1) is 14.2 Å². The number of carbonyl (C=O) groups excluding carboxylic acids is 1. The first kappa shape index (κ1) is 19.2. The van der Waals surface area contributed by atoms with Crippen LogP contribution in [0.15, 0.2) is 24.0 Å². The van der Waals surface area contributed by atoms with E-state index in [2.05, 4.69) is 11.9 Å². The van der Waals surface area contributed by atoms with Crippen LogP contribution in [-0.4, -0.2) is 57.5 Å². The Morgan fingerprint density at radius 2 is 2.00 bits per heavy atom. The molecule has 4 rings (SSSR count). The minimum absolute atomic E-state index is 0.0300. The zero-order valence-electron chi connectivity index (χ0n) is 16.0. The van der Waals surface area contributed by atoms with Crippen LogP contribution in [0.1, 0.15) is 24.0 Å². The molecule has 1 N–H and O–H groups in total. The largest absolute Gasteiger partial charge is 0.493 e. The summed E-state index contributed by atoms with van der Waals surface area (Å²) in [6.45, 7) is 0.757. The molecule has 3 atom stereocenters. The van der Waals surface area contributed by atoms with Gasteiger partial charge < -0.3 is 18.6 Å². The zero-order valence-corrected chi connectivity index (χ0v) is 16.8. The highest BCUT2D eigenvalue weighted by atomic mass is 32.3. The number of ether oxygens (including phenoxy) is 2. The summed E-state index contributed by atoms with van der Waals surface area (Å²) >= 11 is 0. The number of Topliss-reactive ketones (excluding diaryl/α,β-unsaturated/α-hetero) is 1. The molecule has 1 saturated heterocycles. The summed E-state index contributed by atoms with van der Waals surface area (Å²) < 4.78 is 48.1. The van der Waals surface area contributed by atoms with Crippen LogP contribution >= 0.6 is 0 Å². The van der Waals surface area contributed by atoms with Gasteiger partial charge in [0.15, 0.2) is 23.0 Å². The zero-order chi connectivity index (χ0) is 20.3. The number of carbonyl (C=O) groups is 1. The van der Waals surface area contributed by atoms with Crippen LogP contribution in [0, 0.1) is 5.92 Å². The van der Waals surface area contributed by atoms with Gasteiger partial charge in [0.1, 0.15) is 0 Å². The Morgan fingerprint density at radius 3 is 2.64 bits per heavy atom. The fourth-order valence-corrected chi connectivity index (χ4v) is 5.57. The first-order valence-electron chi connectivity index (χ1n) is 9.06. The average Bonchev–Trinajstić information content (AvgIpc) is 2.62. The predicted molar refractivity (Wildman–Crippen MR) is 99.8 cm³/mol. The number of hydrogen-bond acceptors (Lipinski definition) is 7. The molecule has 0 spiro atoms. The Bertz CT molecular complexity index is 971. The maximum atomic E-state index is 12.8. The van der Waals surface area contributed by atoms with E-state index in [4.69, 9.17) is 13.7 Å². The molecular weight excluding hydrogens is 386 g/mol. The molecule has 152 valence electrons. The Hall–Kier alpha value is -2.10. The Labute approximate surface area is 164 Å². The molecule has 0 aromatic heterocycles. The first-order valence-corrected chi connectivity index (χ1v) is 10.4. The van der Waals surface area contributed by atoms with Crippen molar-refractivity contribution in [2.45, 2.75) is 30.7 Å². The van der Waals surface area contributed by atoms with Crippen LogP contribution < -0.4 is 8.92 Å². The van der Waals surface area contributed by atoms with Crippen molar-refractivity contribution < 1.29 is 31.4 Å². The fraction of sp³-hybridized carbons (Fsp3) is 0.526. The van der Waals surface area contributed by atoms with Gasteiger partial charge in [-0.25, -0.2) is 0 Å². The lowest BCUT2D eigenvalue weighted by Gasteiger charge is -2.56. The quantitative estimate of drug-likeness (QED) is 0.747. The monoisotopic (exact) mass is 409 g/mol. The topological polar surface area (TPSA) is 102 Å². The van der Waals surface area contributed by atoms with Gasteiger partial charge in [-0.1, -0.05) is 6.07 Å². The number of piperidine rings is 1. The Balaban J connectivity index is 2.00. The molecule has 9 heteroatoms. The second kappa shape index (κ2) is 6.47. The van der Waals surface area contributed by atoms with E-state index in [1.807, 2.05) is 12.1 Å². The Kier molecular flexibility index (Phi) is 4.44. The average molecular weight is 409 g/mol. The predicted octanol–water partition coefficient (Wildman–Crippen LogP) is 1.49. The fourth-order valence-electron chi connectivity index (χ4n) is 5.20. The molecule has 1 fully saturated rings. The van der Waals surface area contributed by atoms with E-state index >= 15 is 0 Å². The van der Waals surface area contributed by atoms with Gasteiger partial charge in [0.2, 0.25) is 0 Å². The van der Waals surface area contributed by atoms with Crippen LogP contribution in [-0.2, 0) is 31.8 Å². The standard InChI is InChI=1S/C19H23NO7S/c1-20-7-6-19-10-14(21)16(26-3)9-12(19)13(20)8-11-4-5-15(25-2)18(17(11)19)27-28(22,23)24/h4-5,9,12-13H,6-8,10H2,1-3H3,(H,22,23,24). The third kappa shape index (κ3) is 2.80. The number of ketones is 1. The molecule has 8 nitrogen and oxygen atoms in total. The summed E-state index contributed by atoms with van der Waals surface area (Å²) in [4.78, 5) is 15.0. The number of rotatable bonds is 4. The minimum atomic E-state index is -4.77. The number of hydrogen-bond donors (Lipinski definition) is 1. The van der Waals surface area contributed by atoms with Crippen LogP contribution in [0.4, 0.5) is 0 Å². The number of allylic oxidation sites excluding steroid dienone is 1. The molecule has 1 heterocycles. The van der Waals surface area contributed by atoms with E-state index < -0.39 is 15.8 Å². The van der Waals surface area contributed by atoms with Crippen molar-refractivity contribution in [3.05, 3.63) is 35.1 Å². The van der Waals surface area contributed by atoms with Crippen LogP contribution in [0.3, 0.4) is 0 Å². The van der Waals surface area contributed by atoms with Crippen LogP contribution in [0.5, 0.6) is 11.5 Å². The summed E-state index contributed by atoms with van der Waals surface area (Å²) in [5, 5.41) is 0. The van der Waals surface area contributed by atoms with Crippen molar-refractivity contribution in [2.24, 2.45) is 5.92 Å². The molecule has 1 aliphatic heterocycles. The minimum Gasteiger partial charge on any atom is -0.493 e. The van der Waals surface area contributed by atoms with Gasteiger partial charge in [0, 0.05) is 29.4 Å². The number of likely N-dealkylation sites (tertiary alicyclic amines) is 1. The lowest BCUT2D eigenvalue weighted by molar-refractivity contribution is -0.122. The highest BCUT2D eigenvalue weighted by Gasteiger charge is 2.57. The van der Waals surface area contributed by atoms with E-state index in [0.717, 1.165) is 12.1 Å². The third-order valence-corrected chi connectivity index (χ3v) is 6.75. The normalized spacial score (nSPS) is 29.4. The lowest BCUT2D eigenvalue weighted by Crippen LogP contribution is -2.60. The second-order valence-corrected chi connectivity index (χ2v) is 8.68. The van der Waals surface area contributed by atoms with Crippen molar-refractivity contribution in [1.82, 2.24) is 4.90 Å². The molecule has 28 heavy (non-hydrogen) atoms. The van der Waals surface area contributed by atoms with Crippen molar-refractivity contribution in [2.75, 3.05) is 27.8 Å². The highest BCUT2D eigenvalue weighted by Crippen LogP contribution is 2.58. The van der Waals surface area contributed by atoms with Crippen LogP contribution in [0.2, 0.25) is 0 Å². The van der Waals surface area contributed by atoms with Crippen molar-refractivity contribution >= 4 is 16.2 Å². The van der Waals surface area contributed by atoms with Crippen LogP contribution in [0.25, 0.3) is 0 Å². The molecule has 3 unspecified atom stereocenters. The summed E-state index contributed by atoms with van der Waals surface area (Å²) in [5.41, 5.74) is 0.895. The molecule has 3 aliphatic rings. The Morgan fingerprint density at radius 1 is 1.25 bits per heavy atom. The third-order valence-electron chi connectivity index (χ3n) is 6.37. The molecule has 2 bridgehead atoms. The first-order chi connectivity index (χ1) is 13.2. The van der Waals surface area contributed by atoms with Gasteiger partial charge in [-0.05, 0) is 44.1 Å². The van der Waals surface area contributed by atoms with E-state index in [1.165, 1.54) is 14.2 Å². The van der Waals surface area contributed by atoms with Gasteiger partial charge in [-0.15, -0.1) is 0 Å². The van der Waals surface area contributed by atoms with E-state index in [9.17, 15) is 17.8 Å². The molecular formula is C19H23NO7S. The van der Waals surface area contributed by atoms with E-state index in [1.54, 1.807) is 6.07 Å². The van der Waals surface area contributed by atoms with Gasteiger partial charge in [-0.2, -0.15) is 8.42 Å². The maximum absolute atomic E-state index is 12.8. The van der Waals surface area contributed by atoms with E-state index in [-0.39, 0.29) is 35.7 Å². The number of nitrogens with zero attached hydrogens (tertiary/aromatic N) is 1. The van der Waals surface area contributed by atoms with Gasteiger partial charge in [-0.3, -0.25) is 9.35 Å². The number of benzene rings is 1. The number of methoxy groups -OCH3 is 2. The molecule has 1 aromatic rings. The van der Waals surface area contributed by atoms with E-state index in [0.29, 0.717) is 24.2 Å². The van der Waals surface area contributed by atoms with Crippen molar-refractivity contribution in [1.29, 1.82) is 0 Å². The molecule has 1 aromatic carbocycles. The summed E-state index contributed by atoms with van der Waals surface area (Å²) in [6.07, 6.45) is 3.35. The molecule has 2 aliphatic carbocycles. The second-order valence-electron chi connectivity index (χ2n) is 7.66. The number of fused-ring (bicyclic) bond motifs is 1. The van der Waals surface area contributed by atoms with Crippen molar-refractivity contribution in [3.63, 3.8) is 0 Å². The smallest absolute Gasteiger partial charge is 0.446 e. The molecule has 0 amide bonds. The van der Waals surface area contributed by atoms with Gasteiger partial charge >= 0.3 is 10.4 Å². The summed E-state index contributed by atoms with van der Waals surface area (Å²) in [7, 11) is 0.170.